The van der Waals surface area contributed by atoms with Crippen molar-refractivity contribution in [2.24, 2.45) is 5.92 Å². The molecule has 0 radical (unpaired) electrons. The Morgan fingerprint density at radius 1 is 0.605 bits per heavy atom. The van der Waals surface area contributed by atoms with Crippen LogP contribution in [-0.4, -0.2) is 12.0 Å². The number of benzene rings is 4. The highest BCUT2D eigenvalue weighted by atomic mass is 32.3. The molecule has 38 heavy (non-hydrogen) atoms. The largest absolute Gasteiger partial charge is 0.428 e. The van der Waals surface area contributed by atoms with Gasteiger partial charge in [0.15, 0.2) is 23.3 Å². The second-order valence-electron chi connectivity index (χ2n) is 8.90. The molecule has 0 heterocycles. The molecule has 3 nitrogen and oxygen atoms in total. The number of halogens is 5. The van der Waals surface area contributed by atoms with Crippen molar-refractivity contribution in [1.82, 2.24) is 0 Å². The van der Waals surface area contributed by atoms with Crippen molar-refractivity contribution in [3.63, 3.8) is 0 Å². The van der Waals surface area contributed by atoms with Gasteiger partial charge < -0.3 is 0 Å². The molecule has 0 unspecified atom stereocenters. The standard InChI is InChI=1S/C28H23F5O3S2/c1-18(2)17-19-13-15-22(16-14-19)37(20-9-5-3-6-10-20,21-11-7-4-8-12-21)36-38(34,35)28-26(32)24(30)23(29)25(31)27(28)33/h3-16,18H,17H2,1-2H3/p+1. The van der Waals surface area contributed by atoms with Crippen LogP contribution in [0, 0.1) is 35.0 Å². The first kappa shape index (κ1) is 27.8. The lowest BCUT2D eigenvalue weighted by Gasteiger charge is -2.35. The molecular formula is C28H24F5O3S2+. The molecule has 200 valence electrons. The first-order valence-electron chi connectivity index (χ1n) is 11.5. The van der Waals surface area contributed by atoms with Crippen LogP contribution in [0.15, 0.2) is 105 Å². The maximum Gasteiger partial charge on any atom is 0.428 e. The molecular weight excluding hydrogens is 543 g/mol. The van der Waals surface area contributed by atoms with Gasteiger partial charge in [-0.05, 0) is 54.3 Å². The van der Waals surface area contributed by atoms with E-state index in [-0.39, 0.29) is 0 Å². The van der Waals surface area contributed by atoms with Gasteiger partial charge in [-0.1, -0.05) is 62.4 Å². The summed E-state index contributed by atoms with van der Waals surface area (Å²) in [6.45, 7) is 4.09. The predicted octanol–water partition coefficient (Wildman–Crippen LogP) is 8.26. The summed E-state index contributed by atoms with van der Waals surface area (Å²) in [6.07, 6.45) is 0.749. The van der Waals surface area contributed by atoms with Gasteiger partial charge in [-0.15, -0.1) is 8.42 Å². The fourth-order valence-corrected chi connectivity index (χ4v) is 9.65. The molecule has 0 aliphatic heterocycles. The van der Waals surface area contributed by atoms with Gasteiger partial charge in [-0.2, -0.15) is 0 Å². The molecule has 0 bridgehead atoms. The van der Waals surface area contributed by atoms with Crippen molar-refractivity contribution in [3.8, 4) is 0 Å². The van der Waals surface area contributed by atoms with Crippen molar-refractivity contribution in [2.75, 3.05) is 0 Å². The first-order chi connectivity index (χ1) is 18.0. The minimum Gasteiger partial charge on any atom is -0.258 e. The number of rotatable bonds is 8. The molecule has 0 aromatic heterocycles. The lowest BCUT2D eigenvalue weighted by Crippen LogP contribution is -2.22. The van der Waals surface area contributed by atoms with E-state index in [2.05, 4.69) is 3.63 Å². The zero-order valence-electron chi connectivity index (χ0n) is 20.3. The minimum absolute atomic E-state index is 0.348. The third-order valence-electron chi connectivity index (χ3n) is 5.71. The monoisotopic (exact) mass is 567 g/mol. The molecule has 0 saturated heterocycles. The SMILES string of the molecule is CC(C)Cc1ccc(S([OH+]S(=O)(=O)c2c(F)c(F)c(F)c(F)c2F)(c2ccccc2)c2ccccc2)cc1. The van der Waals surface area contributed by atoms with Crippen molar-refractivity contribution >= 4 is 20.4 Å². The molecule has 0 amide bonds. The predicted molar refractivity (Wildman–Crippen MR) is 136 cm³/mol. The van der Waals surface area contributed by atoms with Gasteiger partial charge in [0.25, 0.3) is 0 Å². The summed E-state index contributed by atoms with van der Waals surface area (Å²) in [7, 11) is -8.64. The highest BCUT2D eigenvalue weighted by molar-refractivity contribution is 8.32. The summed E-state index contributed by atoms with van der Waals surface area (Å²) in [5.41, 5.74) is 0.973. The Morgan fingerprint density at radius 2 is 1.00 bits per heavy atom. The van der Waals surface area contributed by atoms with Gasteiger partial charge in [0.05, 0.1) is 25.0 Å². The summed E-state index contributed by atoms with van der Waals surface area (Å²) in [5.74, 6) is -11.8. The van der Waals surface area contributed by atoms with Crippen molar-refractivity contribution in [1.29, 1.82) is 0 Å². The second-order valence-corrected chi connectivity index (χ2v) is 13.4. The van der Waals surface area contributed by atoms with E-state index in [9.17, 15) is 30.4 Å². The van der Waals surface area contributed by atoms with Crippen molar-refractivity contribution in [3.05, 3.63) is 120 Å². The molecule has 4 rings (SSSR count). The zero-order valence-corrected chi connectivity index (χ0v) is 22.0. The van der Waals surface area contributed by atoms with Gasteiger partial charge >= 0.3 is 10.1 Å². The van der Waals surface area contributed by atoms with Crippen LogP contribution in [-0.2, 0) is 16.5 Å². The Labute approximate surface area is 219 Å². The molecule has 4 aromatic rings. The molecule has 10 heteroatoms. The van der Waals surface area contributed by atoms with Gasteiger partial charge in [0.2, 0.25) is 10.7 Å². The van der Waals surface area contributed by atoms with E-state index in [1.54, 1.807) is 72.8 Å². The second kappa shape index (κ2) is 10.9. The van der Waals surface area contributed by atoms with Crippen LogP contribution in [0.2, 0.25) is 0 Å². The Hall–Kier alpha value is -3.21. The molecule has 0 saturated carbocycles. The Kier molecular flexibility index (Phi) is 7.96. The molecule has 0 aliphatic carbocycles. The quantitative estimate of drug-likeness (QED) is 0.0708. The Bertz CT molecular complexity index is 1470. The topological polar surface area (TPSA) is 46.9 Å². The fourth-order valence-electron chi connectivity index (χ4n) is 4.06. The van der Waals surface area contributed by atoms with E-state index in [4.69, 9.17) is 0 Å². The summed E-state index contributed by atoms with van der Waals surface area (Å²) < 4.78 is 102. The van der Waals surface area contributed by atoms with Crippen molar-refractivity contribution in [2.45, 2.75) is 39.9 Å². The van der Waals surface area contributed by atoms with Crippen LogP contribution in [0.5, 0.6) is 0 Å². The third kappa shape index (κ3) is 5.08. The van der Waals surface area contributed by atoms with Crippen molar-refractivity contribution < 1.29 is 34.0 Å². The van der Waals surface area contributed by atoms with Gasteiger partial charge in [0, 0.05) is 0 Å². The summed E-state index contributed by atoms with van der Waals surface area (Å²) in [5, 5.41) is 0. The number of hydrogen-bond donors (Lipinski definition) is 0. The first-order valence-corrected chi connectivity index (χ1v) is 14.5. The molecule has 4 aromatic carbocycles. The van der Waals surface area contributed by atoms with Crippen LogP contribution >= 0.6 is 10.3 Å². The Balaban J connectivity index is 2.03. The zero-order chi connectivity index (χ0) is 27.7. The molecule has 0 spiro atoms. The van der Waals surface area contributed by atoms with Crippen LogP contribution in [0.1, 0.15) is 19.4 Å². The maximum absolute atomic E-state index is 14.7. The maximum atomic E-state index is 14.7. The highest BCUT2D eigenvalue weighted by Gasteiger charge is 2.47. The van der Waals surface area contributed by atoms with Crippen LogP contribution in [0.3, 0.4) is 0 Å². The van der Waals surface area contributed by atoms with Crippen LogP contribution < -0.4 is 0 Å². The van der Waals surface area contributed by atoms with Crippen LogP contribution in [0.25, 0.3) is 0 Å². The van der Waals surface area contributed by atoms with E-state index in [1.807, 2.05) is 26.0 Å². The fraction of sp³-hybridized carbons (Fsp3) is 0.143. The third-order valence-corrected chi connectivity index (χ3v) is 11.1. The normalized spacial score (nSPS) is 12.6. The van der Waals surface area contributed by atoms with Crippen LogP contribution in [0.4, 0.5) is 22.0 Å². The van der Waals surface area contributed by atoms with E-state index in [1.165, 1.54) is 0 Å². The van der Waals surface area contributed by atoms with E-state index in [0.29, 0.717) is 20.6 Å². The average molecular weight is 568 g/mol. The molecule has 0 aliphatic rings. The summed E-state index contributed by atoms with van der Waals surface area (Å²) >= 11 is 0. The number of hydrogen-bond acceptors (Lipinski definition) is 2. The van der Waals surface area contributed by atoms with E-state index >= 15 is 0 Å². The van der Waals surface area contributed by atoms with Gasteiger partial charge in [0.1, 0.15) is 0 Å². The minimum atomic E-state index is -5.45. The highest BCUT2D eigenvalue weighted by Crippen LogP contribution is 2.68. The lowest BCUT2D eigenvalue weighted by molar-refractivity contribution is 0.338. The molecule has 1 N–H and O–H groups in total. The average Bonchev–Trinajstić information content (AvgIpc) is 2.90. The Morgan fingerprint density at radius 3 is 1.42 bits per heavy atom. The lowest BCUT2D eigenvalue weighted by atomic mass is 10.0. The summed E-state index contributed by atoms with van der Waals surface area (Å²) in [6, 6.07) is 23.4. The van der Waals surface area contributed by atoms with Gasteiger partial charge in [-0.25, -0.2) is 22.0 Å². The van der Waals surface area contributed by atoms with E-state index in [0.717, 1.165) is 12.0 Å². The van der Waals surface area contributed by atoms with Gasteiger partial charge in [-0.3, -0.25) is 3.63 Å². The molecule has 0 fully saturated rings. The summed E-state index contributed by atoms with van der Waals surface area (Å²) in [4.78, 5) is -0.825. The molecule has 0 atom stereocenters. The van der Waals surface area contributed by atoms with E-state index < -0.39 is 54.4 Å². The smallest absolute Gasteiger partial charge is 0.258 e.